The zero-order valence-electron chi connectivity index (χ0n) is 7.15. The lowest BCUT2D eigenvalue weighted by atomic mass is 10.1. The second-order valence-corrected chi connectivity index (χ2v) is 4.77. The molecule has 0 heterocycles. The van der Waals surface area contributed by atoms with Crippen LogP contribution in [0.1, 0.15) is 23.4 Å². The first kappa shape index (κ1) is 9.64. The maximum atomic E-state index is 6.22. The van der Waals surface area contributed by atoms with Crippen molar-refractivity contribution >= 4 is 34.8 Å². The first-order chi connectivity index (χ1) is 6.11. The Labute approximate surface area is 92.8 Å². The second-order valence-electron chi connectivity index (χ2n) is 3.51. The second kappa shape index (κ2) is 3.34. The minimum Gasteiger partial charge on any atom is -0.118 e. The first-order valence-corrected chi connectivity index (χ1v) is 5.41. The Kier molecular flexibility index (Phi) is 2.48. The Balaban J connectivity index is 2.57. The van der Waals surface area contributed by atoms with Gasteiger partial charge in [-0.1, -0.05) is 36.2 Å². The molecule has 0 aliphatic heterocycles. The predicted octanol–water partition coefficient (Wildman–Crippen LogP) is 4.47. The molecule has 2 rings (SSSR count). The maximum Gasteiger partial charge on any atom is 0.0627 e. The summed E-state index contributed by atoms with van der Waals surface area (Å²) in [4.78, 5) is 0. The Hall–Kier alpha value is 0.0900. The quantitative estimate of drug-likeness (QED) is 0.582. The van der Waals surface area contributed by atoms with Gasteiger partial charge in [-0.25, -0.2) is 0 Å². The summed E-state index contributed by atoms with van der Waals surface area (Å²) in [5.41, 5.74) is 2.27. The third-order valence-corrected chi connectivity index (χ3v) is 4.06. The van der Waals surface area contributed by atoms with Gasteiger partial charge in [0.05, 0.1) is 15.4 Å². The SMILES string of the molecule is CC1Cc2c(ccc(Cl)c2Cl)C1Cl. The van der Waals surface area contributed by atoms with Crippen LogP contribution in [0.15, 0.2) is 12.1 Å². The van der Waals surface area contributed by atoms with E-state index in [2.05, 4.69) is 6.92 Å². The summed E-state index contributed by atoms with van der Waals surface area (Å²) in [7, 11) is 0. The fraction of sp³-hybridized carbons (Fsp3) is 0.400. The average molecular weight is 236 g/mol. The molecule has 3 heteroatoms. The Bertz CT molecular complexity index is 346. The third-order valence-electron chi connectivity index (χ3n) is 2.56. The van der Waals surface area contributed by atoms with Crippen molar-refractivity contribution in [2.24, 2.45) is 5.92 Å². The van der Waals surface area contributed by atoms with Crippen LogP contribution in [-0.4, -0.2) is 0 Å². The highest BCUT2D eigenvalue weighted by atomic mass is 35.5. The minimum atomic E-state index is 0.0877. The van der Waals surface area contributed by atoms with Crippen LogP contribution in [0.25, 0.3) is 0 Å². The van der Waals surface area contributed by atoms with Crippen LogP contribution >= 0.6 is 34.8 Å². The van der Waals surface area contributed by atoms with Gasteiger partial charge in [0.1, 0.15) is 0 Å². The van der Waals surface area contributed by atoms with E-state index in [1.807, 2.05) is 12.1 Å². The van der Waals surface area contributed by atoms with Crippen molar-refractivity contribution < 1.29 is 0 Å². The highest BCUT2D eigenvalue weighted by Gasteiger charge is 2.29. The van der Waals surface area contributed by atoms with Crippen LogP contribution < -0.4 is 0 Å². The van der Waals surface area contributed by atoms with Gasteiger partial charge in [-0.15, -0.1) is 11.6 Å². The van der Waals surface area contributed by atoms with Crippen LogP contribution in [0.2, 0.25) is 10.0 Å². The molecule has 0 N–H and O–H groups in total. The molecule has 1 aromatic rings. The zero-order valence-corrected chi connectivity index (χ0v) is 9.42. The number of hydrogen-bond donors (Lipinski definition) is 0. The van der Waals surface area contributed by atoms with Gasteiger partial charge in [-0.05, 0) is 29.5 Å². The third kappa shape index (κ3) is 1.45. The van der Waals surface area contributed by atoms with E-state index in [1.165, 1.54) is 0 Å². The van der Waals surface area contributed by atoms with Gasteiger partial charge in [0.15, 0.2) is 0 Å². The fourth-order valence-corrected chi connectivity index (χ4v) is 2.53. The van der Waals surface area contributed by atoms with Crippen molar-refractivity contribution in [2.45, 2.75) is 18.7 Å². The van der Waals surface area contributed by atoms with Crippen LogP contribution in [0.5, 0.6) is 0 Å². The van der Waals surface area contributed by atoms with E-state index in [9.17, 15) is 0 Å². The molecule has 0 nitrogen and oxygen atoms in total. The van der Waals surface area contributed by atoms with Gasteiger partial charge < -0.3 is 0 Å². The van der Waals surface area contributed by atoms with E-state index in [0.717, 1.165) is 17.5 Å². The summed E-state index contributed by atoms with van der Waals surface area (Å²) in [5, 5.41) is 1.39. The Morgan fingerprint density at radius 2 is 2.00 bits per heavy atom. The van der Waals surface area contributed by atoms with Gasteiger partial charge in [0, 0.05) is 0 Å². The standard InChI is InChI=1S/C10H9Cl3/c1-5-4-7-6(9(5)12)2-3-8(11)10(7)13/h2-3,5,9H,4H2,1H3. The smallest absolute Gasteiger partial charge is 0.0627 e. The molecular weight excluding hydrogens is 226 g/mol. The van der Waals surface area contributed by atoms with Crippen molar-refractivity contribution in [2.75, 3.05) is 0 Å². The molecule has 2 atom stereocenters. The van der Waals surface area contributed by atoms with Crippen LogP contribution in [0.3, 0.4) is 0 Å². The van der Waals surface area contributed by atoms with Crippen LogP contribution in [-0.2, 0) is 6.42 Å². The Morgan fingerprint density at radius 1 is 1.31 bits per heavy atom. The highest BCUT2D eigenvalue weighted by Crippen LogP contribution is 2.45. The molecule has 0 radical (unpaired) electrons. The lowest BCUT2D eigenvalue weighted by molar-refractivity contribution is 0.609. The molecule has 0 bridgehead atoms. The molecule has 1 aromatic carbocycles. The zero-order chi connectivity index (χ0) is 9.59. The van der Waals surface area contributed by atoms with Crippen molar-refractivity contribution in [1.29, 1.82) is 0 Å². The number of rotatable bonds is 0. The predicted molar refractivity (Wildman–Crippen MR) is 57.9 cm³/mol. The molecule has 0 saturated heterocycles. The maximum absolute atomic E-state index is 6.22. The lowest BCUT2D eigenvalue weighted by Crippen LogP contribution is -1.94. The molecule has 0 aromatic heterocycles. The molecule has 0 spiro atoms. The lowest BCUT2D eigenvalue weighted by Gasteiger charge is -2.06. The van der Waals surface area contributed by atoms with E-state index in [0.29, 0.717) is 16.0 Å². The molecular formula is C10H9Cl3. The van der Waals surface area contributed by atoms with Gasteiger partial charge in [0.2, 0.25) is 0 Å². The van der Waals surface area contributed by atoms with Gasteiger partial charge in [0.25, 0.3) is 0 Å². The number of fused-ring (bicyclic) bond motifs is 1. The van der Waals surface area contributed by atoms with Crippen LogP contribution in [0.4, 0.5) is 0 Å². The summed E-state index contributed by atoms with van der Waals surface area (Å²) < 4.78 is 0. The fourth-order valence-electron chi connectivity index (χ4n) is 1.81. The number of halogens is 3. The summed E-state index contributed by atoms with van der Waals surface area (Å²) in [6.07, 6.45) is 0.933. The summed E-state index contributed by atoms with van der Waals surface area (Å²) in [6.45, 7) is 2.13. The van der Waals surface area contributed by atoms with E-state index in [-0.39, 0.29) is 5.38 Å². The van der Waals surface area contributed by atoms with Crippen molar-refractivity contribution in [3.8, 4) is 0 Å². The number of alkyl halides is 1. The molecule has 1 aliphatic rings. The normalized spacial score (nSPS) is 26.2. The van der Waals surface area contributed by atoms with E-state index < -0.39 is 0 Å². The van der Waals surface area contributed by atoms with Gasteiger partial charge in [-0.2, -0.15) is 0 Å². The summed E-state index contributed by atoms with van der Waals surface area (Å²) in [5.74, 6) is 0.452. The van der Waals surface area contributed by atoms with E-state index >= 15 is 0 Å². The average Bonchev–Trinajstić information content (AvgIpc) is 2.38. The monoisotopic (exact) mass is 234 g/mol. The molecule has 0 amide bonds. The van der Waals surface area contributed by atoms with Crippen molar-refractivity contribution in [3.05, 3.63) is 33.3 Å². The molecule has 2 unspecified atom stereocenters. The number of benzene rings is 1. The van der Waals surface area contributed by atoms with Crippen LogP contribution in [0, 0.1) is 5.92 Å². The van der Waals surface area contributed by atoms with Crippen molar-refractivity contribution in [3.63, 3.8) is 0 Å². The topological polar surface area (TPSA) is 0 Å². The minimum absolute atomic E-state index is 0.0877. The molecule has 0 fully saturated rings. The van der Waals surface area contributed by atoms with Gasteiger partial charge in [-0.3, -0.25) is 0 Å². The summed E-state index contributed by atoms with van der Waals surface area (Å²) in [6, 6.07) is 3.79. The summed E-state index contributed by atoms with van der Waals surface area (Å²) >= 11 is 18.2. The molecule has 1 aliphatic carbocycles. The van der Waals surface area contributed by atoms with Crippen molar-refractivity contribution in [1.82, 2.24) is 0 Å². The molecule has 70 valence electrons. The molecule has 13 heavy (non-hydrogen) atoms. The number of hydrogen-bond acceptors (Lipinski definition) is 0. The molecule has 0 saturated carbocycles. The van der Waals surface area contributed by atoms with Gasteiger partial charge >= 0.3 is 0 Å². The largest absolute Gasteiger partial charge is 0.118 e. The Morgan fingerprint density at radius 3 is 2.69 bits per heavy atom. The van der Waals surface area contributed by atoms with E-state index in [4.69, 9.17) is 34.8 Å². The highest BCUT2D eigenvalue weighted by molar-refractivity contribution is 6.42. The first-order valence-electron chi connectivity index (χ1n) is 4.22. The van der Waals surface area contributed by atoms with E-state index in [1.54, 1.807) is 0 Å².